The smallest absolute Gasteiger partial charge is 0.267 e. The summed E-state index contributed by atoms with van der Waals surface area (Å²) in [6.07, 6.45) is 4.88. The van der Waals surface area contributed by atoms with Crippen molar-refractivity contribution in [3.8, 4) is 0 Å². The first-order valence-corrected chi connectivity index (χ1v) is 7.55. The molecule has 1 saturated carbocycles. The highest BCUT2D eigenvalue weighted by Gasteiger charge is 2.25. The maximum atomic E-state index is 12.2. The summed E-state index contributed by atoms with van der Waals surface area (Å²) in [5, 5.41) is 12.1. The van der Waals surface area contributed by atoms with Gasteiger partial charge in [0.25, 0.3) is 5.91 Å². The molecule has 6 nitrogen and oxygen atoms in total. The van der Waals surface area contributed by atoms with Gasteiger partial charge in [0.05, 0.1) is 0 Å². The average molecular weight is 295 g/mol. The Morgan fingerprint density at radius 2 is 2.23 bits per heavy atom. The fraction of sp³-hybridized carbons (Fsp3) is 0.312. The number of nitrogens with one attached hydrogen (secondary N) is 2. The number of H-pyrrole nitrogens is 1. The minimum absolute atomic E-state index is 0.0892. The third-order valence-electron chi connectivity index (χ3n) is 4.00. The molecule has 0 bridgehead atoms. The SMILES string of the molecule is O=C(NCCc1nncn1C1CC1)c1cc2ccccc2[nH]1. The highest BCUT2D eigenvalue weighted by molar-refractivity contribution is 5.97. The van der Waals surface area contributed by atoms with Crippen LogP contribution < -0.4 is 5.32 Å². The van der Waals surface area contributed by atoms with Gasteiger partial charge in [0.2, 0.25) is 0 Å². The molecule has 1 amide bonds. The zero-order valence-corrected chi connectivity index (χ0v) is 12.1. The van der Waals surface area contributed by atoms with Crippen molar-refractivity contribution in [1.29, 1.82) is 0 Å². The number of hydrogen-bond donors (Lipinski definition) is 2. The minimum Gasteiger partial charge on any atom is -0.351 e. The van der Waals surface area contributed by atoms with Crippen LogP contribution in [0.1, 0.15) is 35.2 Å². The normalized spacial score (nSPS) is 14.4. The van der Waals surface area contributed by atoms with Gasteiger partial charge >= 0.3 is 0 Å². The number of nitrogens with zero attached hydrogens (tertiary/aromatic N) is 3. The third-order valence-corrected chi connectivity index (χ3v) is 4.00. The molecule has 0 radical (unpaired) electrons. The zero-order valence-electron chi connectivity index (χ0n) is 12.1. The van der Waals surface area contributed by atoms with Crippen molar-refractivity contribution in [3.05, 3.63) is 48.2 Å². The molecule has 1 aromatic carbocycles. The fourth-order valence-corrected chi connectivity index (χ4v) is 2.68. The molecule has 22 heavy (non-hydrogen) atoms. The van der Waals surface area contributed by atoms with Crippen LogP contribution in [0.4, 0.5) is 0 Å². The topological polar surface area (TPSA) is 75.6 Å². The van der Waals surface area contributed by atoms with Crippen molar-refractivity contribution < 1.29 is 4.79 Å². The van der Waals surface area contributed by atoms with E-state index in [0.29, 0.717) is 24.7 Å². The summed E-state index contributed by atoms with van der Waals surface area (Å²) in [6, 6.07) is 10.3. The second-order valence-corrected chi connectivity index (χ2v) is 5.66. The second-order valence-electron chi connectivity index (χ2n) is 5.66. The Hall–Kier alpha value is -2.63. The molecule has 2 N–H and O–H groups in total. The van der Waals surface area contributed by atoms with Crippen LogP contribution in [-0.2, 0) is 6.42 Å². The number of amides is 1. The van der Waals surface area contributed by atoms with Crippen LogP contribution in [0, 0.1) is 0 Å². The molecule has 2 aromatic heterocycles. The number of hydrogen-bond acceptors (Lipinski definition) is 3. The molecule has 0 unspecified atom stereocenters. The Bertz CT molecular complexity index is 782. The number of aromatic amines is 1. The Kier molecular flexibility index (Phi) is 3.14. The van der Waals surface area contributed by atoms with Gasteiger partial charge in [-0.15, -0.1) is 10.2 Å². The van der Waals surface area contributed by atoms with Crippen LogP contribution in [0.25, 0.3) is 10.9 Å². The van der Waals surface area contributed by atoms with E-state index in [1.807, 2.05) is 30.3 Å². The van der Waals surface area contributed by atoms with E-state index in [-0.39, 0.29) is 5.91 Å². The van der Waals surface area contributed by atoms with E-state index >= 15 is 0 Å². The molecule has 4 rings (SSSR count). The van der Waals surface area contributed by atoms with E-state index in [0.717, 1.165) is 16.7 Å². The van der Waals surface area contributed by atoms with Gasteiger partial charge in [0.15, 0.2) is 0 Å². The van der Waals surface area contributed by atoms with Crippen LogP contribution in [0.5, 0.6) is 0 Å². The lowest BCUT2D eigenvalue weighted by Gasteiger charge is -2.05. The lowest BCUT2D eigenvalue weighted by atomic mass is 10.2. The first-order valence-electron chi connectivity index (χ1n) is 7.55. The summed E-state index contributed by atoms with van der Waals surface area (Å²) in [6.45, 7) is 0.555. The number of aromatic nitrogens is 4. The summed E-state index contributed by atoms with van der Waals surface area (Å²) >= 11 is 0. The van der Waals surface area contributed by atoms with Crippen molar-refractivity contribution in [2.75, 3.05) is 6.54 Å². The van der Waals surface area contributed by atoms with E-state index in [2.05, 4.69) is 25.1 Å². The summed E-state index contributed by atoms with van der Waals surface area (Å²) < 4.78 is 2.12. The Morgan fingerprint density at radius 3 is 3.05 bits per heavy atom. The molecular formula is C16H17N5O. The number of para-hydroxylation sites is 1. The Morgan fingerprint density at radius 1 is 1.36 bits per heavy atom. The molecule has 0 aliphatic heterocycles. The minimum atomic E-state index is -0.0892. The lowest BCUT2D eigenvalue weighted by Crippen LogP contribution is -2.26. The van der Waals surface area contributed by atoms with Crippen molar-refractivity contribution >= 4 is 16.8 Å². The molecule has 1 aliphatic carbocycles. The number of carbonyl (C=O) groups is 1. The molecule has 1 fully saturated rings. The molecule has 0 saturated heterocycles. The maximum absolute atomic E-state index is 12.2. The average Bonchev–Trinajstić information content (AvgIpc) is 3.11. The van der Waals surface area contributed by atoms with Crippen molar-refractivity contribution in [2.24, 2.45) is 0 Å². The second kappa shape index (κ2) is 5.29. The first-order chi connectivity index (χ1) is 10.8. The van der Waals surface area contributed by atoms with Crippen molar-refractivity contribution in [3.63, 3.8) is 0 Å². The lowest BCUT2D eigenvalue weighted by molar-refractivity contribution is 0.0949. The predicted molar refractivity (Wildman–Crippen MR) is 82.6 cm³/mol. The van der Waals surface area contributed by atoms with Gasteiger partial charge in [-0.05, 0) is 25.0 Å². The largest absolute Gasteiger partial charge is 0.351 e. The quantitative estimate of drug-likeness (QED) is 0.756. The van der Waals surface area contributed by atoms with Crippen LogP contribution in [0.3, 0.4) is 0 Å². The van der Waals surface area contributed by atoms with E-state index in [1.165, 1.54) is 12.8 Å². The van der Waals surface area contributed by atoms with Gasteiger partial charge < -0.3 is 14.9 Å². The Balaban J connectivity index is 1.38. The number of benzene rings is 1. The molecule has 6 heteroatoms. The monoisotopic (exact) mass is 295 g/mol. The van der Waals surface area contributed by atoms with E-state index in [1.54, 1.807) is 6.33 Å². The molecule has 2 heterocycles. The summed E-state index contributed by atoms with van der Waals surface area (Å²) in [5.74, 6) is 0.855. The van der Waals surface area contributed by atoms with Crippen LogP contribution >= 0.6 is 0 Å². The zero-order chi connectivity index (χ0) is 14.9. The van der Waals surface area contributed by atoms with Gasteiger partial charge in [-0.2, -0.15) is 0 Å². The van der Waals surface area contributed by atoms with Crippen molar-refractivity contribution in [1.82, 2.24) is 25.1 Å². The van der Waals surface area contributed by atoms with Gasteiger partial charge in [-0.25, -0.2) is 0 Å². The van der Waals surface area contributed by atoms with Crippen LogP contribution in [0.2, 0.25) is 0 Å². The van der Waals surface area contributed by atoms with Crippen molar-refractivity contribution in [2.45, 2.75) is 25.3 Å². The number of carbonyl (C=O) groups excluding carboxylic acids is 1. The highest BCUT2D eigenvalue weighted by Crippen LogP contribution is 2.35. The third kappa shape index (κ3) is 2.47. The molecule has 3 aromatic rings. The van der Waals surface area contributed by atoms with E-state index in [4.69, 9.17) is 0 Å². The van der Waals surface area contributed by atoms with Gasteiger partial charge in [-0.1, -0.05) is 18.2 Å². The van der Waals surface area contributed by atoms with Crippen LogP contribution in [-0.4, -0.2) is 32.2 Å². The first kappa shape index (κ1) is 13.1. The van der Waals surface area contributed by atoms with E-state index in [9.17, 15) is 4.79 Å². The molecule has 112 valence electrons. The predicted octanol–water partition coefficient (Wildman–Crippen LogP) is 2.07. The number of fused-ring (bicyclic) bond motifs is 1. The summed E-state index contributed by atoms with van der Waals surface area (Å²) in [7, 11) is 0. The summed E-state index contributed by atoms with van der Waals surface area (Å²) in [5.41, 5.74) is 1.56. The van der Waals surface area contributed by atoms with Gasteiger partial charge in [0.1, 0.15) is 17.8 Å². The van der Waals surface area contributed by atoms with Gasteiger partial charge in [-0.3, -0.25) is 4.79 Å². The Labute approximate surface area is 127 Å². The number of rotatable bonds is 5. The standard InChI is InChI=1S/C16H17N5O/c22-16(14-9-11-3-1-2-4-13(11)19-14)17-8-7-15-20-18-10-21(15)12-5-6-12/h1-4,9-10,12,19H,5-8H2,(H,17,22). The molecule has 0 atom stereocenters. The van der Waals surface area contributed by atoms with Crippen LogP contribution in [0.15, 0.2) is 36.7 Å². The van der Waals surface area contributed by atoms with E-state index < -0.39 is 0 Å². The molecule has 0 spiro atoms. The molecular weight excluding hydrogens is 278 g/mol. The molecule has 1 aliphatic rings. The van der Waals surface area contributed by atoms with Gasteiger partial charge in [0, 0.05) is 29.9 Å². The summed E-state index contributed by atoms with van der Waals surface area (Å²) in [4.78, 5) is 15.3. The highest BCUT2D eigenvalue weighted by atomic mass is 16.1. The maximum Gasteiger partial charge on any atom is 0.267 e. The fourth-order valence-electron chi connectivity index (χ4n) is 2.68.